The summed E-state index contributed by atoms with van der Waals surface area (Å²) in [6.45, 7) is 5.80. The van der Waals surface area contributed by atoms with E-state index in [9.17, 15) is 0 Å². The number of nitrogens with zero attached hydrogens (tertiary/aromatic N) is 1. The minimum atomic E-state index is -0.0316. The Bertz CT molecular complexity index is 514. The van der Waals surface area contributed by atoms with Crippen LogP contribution in [0.4, 0.5) is 0 Å². The molecule has 0 aliphatic carbocycles. The highest BCUT2D eigenvalue weighted by Crippen LogP contribution is 2.30. The molecule has 1 aliphatic heterocycles. The van der Waals surface area contributed by atoms with Gasteiger partial charge >= 0.3 is 0 Å². The smallest absolute Gasteiger partial charge is 0.191 e. The van der Waals surface area contributed by atoms with Crippen molar-refractivity contribution in [2.45, 2.75) is 32.3 Å². The van der Waals surface area contributed by atoms with Crippen LogP contribution in [0, 0.1) is 0 Å². The summed E-state index contributed by atoms with van der Waals surface area (Å²) in [5.41, 5.74) is 0. The van der Waals surface area contributed by atoms with Crippen molar-refractivity contribution in [3.05, 3.63) is 24.3 Å². The predicted octanol–water partition coefficient (Wildman–Crippen LogP) is 2.82. The molecular weight excluding hydrogens is 433 g/mol. The van der Waals surface area contributed by atoms with E-state index in [1.807, 2.05) is 24.3 Å². The molecule has 1 unspecified atom stereocenters. The summed E-state index contributed by atoms with van der Waals surface area (Å²) in [7, 11) is 1.76. The zero-order chi connectivity index (χ0) is 17.0. The van der Waals surface area contributed by atoms with E-state index in [2.05, 4.69) is 22.5 Å². The fourth-order valence-electron chi connectivity index (χ4n) is 2.32. The normalized spacial score (nSPS) is 16.1. The standard InChI is InChI=1S/C18H29N3O3.HI/c1-3-4-11-22-12-7-10-20-18(19-2)21-13-15-14-23-16-8-5-6-9-17(16)24-15;/h5-6,8-9,15H,3-4,7,10-14H2,1-2H3,(H2,19,20,21);1H. The molecule has 0 saturated heterocycles. The molecule has 6 nitrogen and oxygen atoms in total. The fraction of sp³-hybridized carbons (Fsp3) is 0.611. The number of unbranched alkanes of at least 4 members (excludes halogenated alkanes) is 1. The third kappa shape index (κ3) is 8.13. The SMILES string of the molecule is CCCCOCCCNC(=NC)NCC1COc2ccccc2O1.I. The van der Waals surface area contributed by atoms with Gasteiger partial charge in [0, 0.05) is 26.8 Å². The summed E-state index contributed by atoms with van der Waals surface area (Å²) in [5, 5.41) is 6.56. The lowest BCUT2D eigenvalue weighted by Gasteiger charge is -2.27. The van der Waals surface area contributed by atoms with Crippen molar-refractivity contribution in [2.75, 3.05) is 40.0 Å². The number of para-hydroxylation sites is 2. The van der Waals surface area contributed by atoms with Crippen LogP contribution in [-0.2, 0) is 4.74 Å². The Kier molecular flexibility index (Phi) is 11.4. The number of fused-ring (bicyclic) bond motifs is 1. The van der Waals surface area contributed by atoms with Crippen molar-refractivity contribution in [3.8, 4) is 11.5 Å². The van der Waals surface area contributed by atoms with Gasteiger partial charge in [-0.15, -0.1) is 24.0 Å². The molecule has 0 saturated carbocycles. The van der Waals surface area contributed by atoms with E-state index in [1.54, 1.807) is 7.05 Å². The molecule has 7 heteroatoms. The van der Waals surface area contributed by atoms with Crippen LogP contribution in [0.1, 0.15) is 26.2 Å². The summed E-state index contributed by atoms with van der Waals surface area (Å²) < 4.78 is 17.2. The molecule has 142 valence electrons. The van der Waals surface area contributed by atoms with Gasteiger partial charge in [0.1, 0.15) is 12.7 Å². The van der Waals surface area contributed by atoms with Gasteiger partial charge in [0.05, 0.1) is 6.54 Å². The second-order valence-electron chi connectivity index (χ2n) is 5.70. The van der Waals surface area contributed by atoms with Crippen LogP contribution in [0.2, 0.25) is 0 Å². The molecule has 2 rings (SSSR count). The molecule has 0 fully saturated rings. The van der Waals surface area contributed by atoms with Gasteiger partial charge in [0.2, 0.25) is 0 Å². The molecule has 0 bridgehead atoms. The number of aliphatic imine (C=N–C) groups is 1. The van der Waals surface area contributed by atoms with E-state index < -0.39 is 0 Å². The lowest BCUT2D eigenvalue weighted by molar-refractivity contribution is 0.0936. The number of rotatable bonds is 9. The first-order chi connectivity index (χ1) is 11.8. The number of hydrogen-bond acceptors (Lipinski definition) is 4. The molecule has 0 aromatic heterocycles. The Morgan fingerprint density at radius 1 is 1.20 bits per heavy atom. The minimum absolute atomic E-state index is 0. The van der Waals surface area contributed by atoms with Crippen LogP contribution in [0.25, 0.3) is 0 Å². The van der Waals surface area contributed by atoms with Crippen molar-refractivity contribution >= 4 is 29.9 Å². The number of hydrogen-bond donors (Lipinski definition) is 2. The Morgan fingerprint density at radius 2 is 1.96 bits per heavy atom. The van der Waals surface area contributed by atoms with E-state index in [4.69, 9.17) is 14.2 Å². The summed E-state index contributed by atoms with van der Waals surface area (Å²) in [4.78, 5) is 4.22. The van der Waals surface area contributed by atoms with Gasteiger partial charge in [-0.3, -0.25) is 4.99 Å². The number of benzene rings is 1. The summed E-state index contributed by atoms with van der Waals surface area (Å²) in [5.74, 6) is 2.37. The zero-order valence-corrected chi connectivity index (χ0v) is 17.5. The largest absolute Gasteiger partial charge is 0.486 e. The quantitative estimate of drug-likeness (QED) is 0.255. The molecule has 0 radical (unpaired) electrons. The molecule has 0 spiro atoms. The van der Waals surface area contributed by atoms with Crippen LogP contribution in [0.5, 0.6) is 11.5 Å². The van der Waals surface area contributed by atoms with Crippen LogP contribution in [0.15, 0.2) is 29.3 Å². The molecule has 1 heterocycles. The highest BCUT2D eigenvalue weighted by atomic mass is 127. The number of ether oxygens (including phenoxy) is 3. The van der Waals surface area contributed by atoms with Crippen LogP contribution < -0.4 is 20.1 Å². The van der Waals surface area contributed by atoms with Crippen molar-refractivity contribution in [3.63, 3.8) is 0 Å². The van der Waals surface area contributed by atoms with Crippen molar-refractivity contribution in [1.82, 2.24) is 10.6 Å². The highest BCUT2D eigenvalue weighted by Gasteiger charge is 2.20. The molecule has 1 atom stereocenters. The topological polar surface area (TPSA) is 64.1 Å². The Hall–Kier alpha value is -1.22. The lowest BCUT2D eigenvalue weighted by Crippen LogP contribution is -2.45. The average molecular weight is 463 g/mol. The van der Waals surface area contributed by atoms with Gasteiger partial charge in [-0.25, -0.2) is 0 Å². The van der Waals surface area contributed by atoms with Gasteiger partial charge < -0.3 is 24.8 Å². The number of nitrogens with one attached hydrogen (secondary N) is 2. The Morgan fingerprint density at radius 3 is 2.72 bits per heavy atom. The monoisotopic (exact) mass is 463 g/mol. The predicted molar refractivity (Wildman–Crippen MR) is 111 cm³/mol. The second-order valence-corrected chi connectivity index (χ2v) is 5.70. The summed E-state index contributed by atoms with van der Waals surface area (Å²) in [6, 6.07) is 7.73. The first kappa shape index (κ1) is 21.8. The van der Waals surface area contributed by atoms with Crippen LogP contribution >= 0.6 is 24.0 Å². The molecule has 1 aromatic rings. The van der Waals surface area contributed by atoms with Crippen molar-refractivity contribution in [2.24, 2.45) is 4.99 Å². The van der Waals surface area contributed by atoms with E-state index >= 15 is 0 Å². The van der Waals surface area contributed by atoms with E-state index in [0.29, 0.717) is 13.2 Å². The maximum absolute atomic E-state index is 5.92. The first-order valence-corrected chi connectivity index (χ1v) is 8.74. The summed E-state index contributed by atoms with van der Waals surface area (Å²) in [6.07, 6.45) is 3.23. The fourth-order valence-corrected chi connectivity index (χ4v) is 2.32. The Balaban J connectivity index is 0.00000312. The third-order valence-electron chi connectivity index (χ3n) is 3.69. The molecule has 1 aromatic carbocycles. The lowest BCUT2D eigenvalue weighted by atomic mass is 10.2. The molecule has 0 amide bonds. The van der Waals surface area contributed by atoms with Gasteiger partial charge in [0.15, 0.2) is 17.5 Å². The number of halogens is 1. The van der Waals surface area contributed by atoms with E-state index in [-0.39, 0.29) is 30.1 Å². The van der Waals surface area contributed by atoms with E-state index in [0.717, 1.165) is 50.1 Å². The first-order valence-electron chi connectivity index (χ1n) is 8.74. The summed E-state index contributed by atoms with van der Waals surface area (Å²) >= 11 is 0. The molecule has 2 N–H and O–H groups in total. The second kappa shape index (κ2) is 13.0. The Labute approximate surface area is 167 Å². The van der Waals surface area contributed by atoms with Gasteiger partial charge in [-0.2, -0.15) is 0 Å². The van der Waals surface area contributed by atoms with Crippen molar-refractivity contribution in [1.29, 1.82) is 0 Å². The van der Waals surface area contributed by atoms with Gasteiger partial charge in [-0.1, -0.05) is 25.5 Å². The zero-order valence-electron chi connectivity index (χ0n) is 15.1. The maximum Gasteiger partial charge on any atom is 0.191 e. The highest BCUT2D eigenvalue weighted by molar-refractivity contribution is 14.0. The van der Waals surface area contributed by atoms with Crippen molar-refractivity contribution < 1.29 is 14.2 Å². The number of guanidine groups is 1. The maximum atomic E-state index is 5.92. The average Bonchev–Trinajstić information content (AvgIpc) is 2.63. The van der Waals surface area contributed by atoms with Gasteiger partial charge in [-0.05, 0) is 25.0 Å². The minimum Gasteiger partial charge on any atom is -0.486 e. The molecular formula is C18H30IN3O3. The van der Waals surface area contributed by atoms with Crippen LogP contribution in [0.3, 0.4) is 0 Å². The third-order valence-corrected chi connectivity index (χ3v) is 3.69. The molecule has 25 heavy (non-hydrogen) atoms. The van der Waals surface area contributed by atoms with E-state index in [1.165, 1.54) is 6.42 Å². The molecule has 1 aliphatic rings. The van der Waals surface area contributed by atoms with Gasteiger partial charge in [0.25, 0.3) is 0 Å². The van der Waals surface area contributed by atoms with Crippen LogP contribution in [-0.4, -0.2) is 52.0 Å².